The number of hydrogen-bond donors (Lipinski definition) is 1. The van der Waals surface area contributed by atoms with Crippen molar-refractivity contribution in [2.45, 2.75) is 36.7 Å². The number of ether oxygens (including phenoxy) is 2. The van der Waals surface area contributed by atoms with E-state index in [0.29, 0.717) is 17.4 Å². The summed E-state index contributed by atoms with van der Waals surface area (Å²) < 4.78 is 11.2. The van der Waals surface area contributed by atoms with Gasteiger partial charge in [0.15, 0.2) is 0 Å². The minimum atomic E-state index is 0.495. The highest BCUT2D eigenvalue weighted by atomic mass is 32.2. The van der Waals surface area contributed by atoms with E-state index in [2.05, 4.69) is 12.4 Å². The van der Waals surface area contributed by atoms with Crippen LogP contribution in [-0.4, -0.2) is 50.0 Å². The van der Waals surface area contributed by atoms with Gasteiger partial charge in [0.2, 0.25) is 0 Å². The molecule has 0 amide bonds. The largest absolute Gasteiger partial charge is 0.380 e. The zero-order valence-electron chi connectivity index (χ0n) is 9.41. The Morgan fingerprint density at radius 1 is 1.33 bits per heavy atom. The highest BCUT2D eigenvalue weighted by molar-refractivity contribution is 8.00. The molecule has 0 aromatic heterocycles. The van der Waals surface area contributed by atoms with E-state index in [1.165, 1.54) is 12.8 Å². The molecule has 2 aliphatic rings. The highest BCUT2D eigenvalue weighted by Crippen LogP contribution is 2.25. The molecule has 2 saturated heterocycles. The Bertz CT molecular complexity index is 185. The van der Waals surface area contributed by atoms with Gasteiger partial charge >= 0.3 is 0 Å². The molecule has 3 unspecified atom stereocenters. The quantitative estimate of drug-likeness (QED) is 0.789. The van der Waals surface area contributed by atoms with Crippen LogP contribution in [0.25, 0.3) is 0 Å². The summed E-state index contributed by atoms with van der Waals surface area (Å²) in [7, 11) is 2.05. The maximum atomic E-state index is 5.63. The van der Waals surface area contributed by atoms with Crippen molar-refractivity contribution >= 4 is 11.8 Å². The third-order valence-electron chi connectivity index (χ3n) is 3.20. The van der Waals surface area contributed by atoms with Crippen molar-refractivity contribution in [2.24, 2.45) is 0 Å². The molecule has 88 valence electrons. The Hall–Kier alpha value is 0.230. The molecular weight excluding hydrogens is 210 g/mol. The molecule has 3 nitrogen and oxygen atoms in total. The summed E-state index contributed by atoms with van der Waals surface area (Å²) >= 11 is 2.01. The second-order valence-electron chi connectivity index (χ2n) is 4.27. The molecule has 0 saturated carbocycles. The van der Waals surface area contributed by atoms with Crippen molar-refractivity contribution in [3.05, 3.63) is 0 Å². The van der Waals surface area contributed by atoms with Crippen molar-refractivity contribution < 1.29 is 9.47 Å². The first kappa shape index (κ1) is 11.7. The summed E-state index contributed by atoms with van der Waals surface area (Å²) in [4.78, 5) is 0. The Kier molecular flexibility index (Phi) is 4.75. The van der Waals surface area contributed by atoms with Crippen LogP contribution in [0.1, 0.15) is 19.3 Å². The van der Waals surface area contributed by atoms with E-state index in [4.69, 9.17) is 9.47 Å². The van der Waals surface area contributed by atoms with Crippen LogP contribution in [0, 0.1) is 0 Å². The maximum absolute atomic E-state index is 5.63. The smallest absolute Gasteiger partial charge is 0.0666 e. The molecule has 0 aromatic carbocycles. The van der Waals surface area contributed by atoms with Gasteiger partial charge in [-0.1, -0.05) is 0 Å². The molecule has 0 bridgehead atoms. The van der Waals surface area contributed by atoms with E-state index >= 15 is 0 Å². The molecule has 0 radical (unpaired) electrons. The van der Waals surface area contributed by atoms with E-state index in [0.717, 1.165) is 32.0 Å². The number of thioether (sulfide) groups is 1. The molecule has 0 spiro atoms. The highest BCUT2D eigenvalue weighted by Gasteiger charge is 2.26. The molecule has 2 fully saturated rings. The average molecular weight is 231 g/mol. The third-order valence-corrected chi connectivity index (χ3v) is 4.65. The summed E-state index contributed by atoms with van der Waals surface area (Å²) in [6.45, 7) is 2.76. The second-order valence-corrected chi connectivity index (χ2v) is 5.54. The summed E-state index contributed by atoms with van der Waals surface area (Å²) in [5, 5.41) is 3.99. The first-order valence-corrected chi connectivity index (χ1v) is 6.93. The van der Waals surface area contributed by atoms with Crippen molar-refractivity contribution in [3.63, 3.8) is 0 Å². The fourth-order valence-corrected chi connectivity index (χ4v) is 3.63. The summed E-state index contributed by atoms with van der Waals surface area (Å²) in [6.07, 6.45) is 4.11. The molecule has 3 atom stereocenters. The SMILES string of the molecule is CNC1CCOCC1SCC1CCCO1. The fourth-order valence-electron chi connectivity index (χ4n) is 2.21. The molecule has 0 aromatic rings. The minimum absolute atomic E-state index is 0.495. The van der Waals surface area contributed by atoms with Gasteiger partial charge in [0, 0.05) is 30.3 Å². The first-order chi connectivity index (χ1) is 7.40. The molecule has 15 heavy (non-hydrogen) atoms. The van der Waals surface area contributed by atoms with Crippen molar-refractivity contribution in [2.75, 3.05) is 32.6 Å². The minimum Gasteiger partial charge on any atom is -0.380 e. The topological polar surface area (TPSA) is 30.5 Å². The fraction of sp³-hybridized carbons (Fsp3) is 1.00. The zero-order chi connectivity index (χ0) is 10.5. The molecular formula is C11H21NO2S. The molecule has 1 N–H and O–H groups in total. The summed E-state index contributed by atoms with van der Waals surface area (Å²) in [5.74, 6) is 1.13. The van der Waals surface area contributed by atoms with Gasteiger partial charge in [0.25, 0.3) is 0 Å². The Labute approximate surface area is 96.3 Å². The Morgan fingerprint density at radius 3 is 3.00 bits per heavy atom. The summed E-state index contributed by atoms with van der Waals surface area (Å²) in [5.41, 5.74) is 0. The molecule has 0 aliphatic carbocycles. The maximum Gasteiger partial charge on any atom is 0.0666 e. The average Bonchev–Trinajstić information content (AvgIpc) is 2.79. The van der Waals surface area contributed by atoms with Crippen LogP contribution in [0.5, 0.6) is 0 Å². The van der Waals surface area contributed by atoms with Crippen molar-refractivity contribution in [3.8, 4) is 0 Å². The normalized spacial score (nSPS) is 37.0. The van der Waals surface area contributed by atoms with E-state index in [1.54, 1.807) is 0 Å². The third kappa shape index (κ3) is 3.34. The lowest BCUT2D eigenvalue weighted by molar-refractivity contribution is 0.0845. The van der Waals surface area contributed by atoms with Gasteiger partial charge in [0.05, 0.1) is 12.7 Å². The van der Waals surface area contributed by atoms with Crippen LogP contribution >= 0.6 is 11.8 Å². The van der Waals surface area contributed by atoms with Gasteiger partial charge in [-0.05, 0) is 26.3 Å². The van der Waals surface area contributed by atoms with E-state index < -0.39 is 0 Å². The van der Waals surface area contributed by atoms with E-state index in [-0.39, 0.29) is 0 Å². The number of rotatable bonds is 4. The molecule has 4 heteroatoms. The molecule has 2 heterocycles. The second kappa shape index (κ2) is 6.09. The van der Waals surface area contributed by atoms with Gasteiger partial charge in [0.1, 0.15) is 0 Å². The first-order valence-electron chi connectivity index (χ1n) is 5.88. The Balaban J connectivity index is 1.71. The van der Waals surface area contributed by atoms with E-state index in [1.807, 2.05) is 11.8 Å². The predicted molar refractivity (Wildman–Crippen MR) is 63.5 cm³/mol. The summed E-state index contributed by atoms with van der Waals surface area (Å²) in [6, 6.07) is 0.616. The standard InChI is InChI=1S/C11H21NO2S/c1-12-10-4-6-13-7-11(10)15-8-9-3-2-5-14-9/h9-12H,2-8H2,1H3. The van der Waals surface area contributed by atoms with Crippen LogP contribution in [0.2, 0.25) is 0 Å². The lowest BCUT2D eigenvalue weighted by Gasteiger charge is -2.31. The Morgan fingerprint density at radius 2 is 2.27 bits per heavy atom. The van der Waals surface area contributed by atoms with Crippen LogP contribution in [0.15, 0.2) is 0 Å². The molecule has 2 rings (SSSR count). The lowest BCUT2D eigenvalue weighted by Crippen LogP contribution is -2.43. The van der Waals surface area contributed by atoms with Gasteiger partial charge in [-0.15, -0.1) is 0 Å². The van der Waals surface area contributed by atoms with E-state index in [9.17, 15) is 0 Å². The number of hydrogen-bond acceptors (Lipinski definition) is 4. The van der Waals surface area contributed by atoms with Gasteiger partial charge < -0.3 is 14.8 Å². The lowest BCUT2D eigenvalue weighted by atomic mass is 10.1. The van der Waals surface area contributed by atoms with Gasteiger partial charge in [-0.3, -0.25) is 0 Å². The van der Waals surface area contributed by atoms with Gasteiger partial charge in [-0.25, -0.2) is 0 Å². The monoisotopic (exact) mass is 231 g/mol. The number of nitrogens with one attached hydrogen (secondary N) is 1. The van der Waals surface area contributed by atoms with Crippen molar-refractivity contribution in [1.29, 1.82) is 0 Å². The van der Waals surface area contributed by atoms with Crippen LogP contribution < -0.4 is 5.32 Å². The van der Waals surface area contributed by atoms with Crippen LogP contribution in [0.3, 0.4) is 0 Å². The van der Waals surface area contributed by atoms with Crippen LogP contribution in [0.4, 0.5) is 0 Å². The van der Waals surface area contributed by atoms with Crippen LogP contribution in [-0.2, 0) is 9.47 Å². The van der Waals surface area contributed by atoms with Crippen molar-refractivity contribution in [1.82, 2.24) is 5.32 Å². The zero-order valence-corrected chi connectivity index (χ0v) is 10.2. The predicted octanol–water partition coefficient (Wildman–Crippen LogP) is 1.28. The molecule has 2 aliphatic heterocycles. The van der Waals surface area contributed by atoms with Gasteiger partial charge in [-0.2, -0.15) is 11.8 Å².